The molecule has 0 aliphatic rings. The van der Waals surface area contributed by atoms with Crippen LogP contribution >= 0.6 is 11.8 Å². The topological polar surface area (TPSA) is 78.0 Å². The first-order valence-corrected chi connectivity index (χ1v) is 9.48. The van der Waals surface area contributed by atoms with Gasteiger partial charge in [-0.1, -0.05) is 35.5 Å². The number of benzene rings is 1. The molecular formula is C19H18N6OS. The molecule has 4 rings (SSSR count). The van der Waals surface area contributed by atoms with Gasteiger partial charge in [0.15, 0.2) is 0 Å². The summed E-state index contributed by atoms with van der Waals surface area (Å²) in [5, 5.41) is 12.7. The molecular weight excluding hydrogens is 360 g/mol. The van der Waals surface area contributed by atoms with Crippen LogP contribution in [0.3, 0.4) is 0 Å². The van der Waals surface area contributed by atoms with Crippen molar-refractivity contribution in [3.63, 3.8) is 0 Å². The Hall–Kier alpha value is -3.00. The lowest BCUT2D eigenvalue weighted by atomic mass is 10.1. The van der Waals surface area contributed by atoms with Gasteiger partial charge in [-0.3, -0.25) is 9.20 Å². The lowest BCUT2D eigenvalue weighted by Crippen LogP contribution is -2.17. The zero-order chi connectivity index (χ0) is 19.0. The molecule has 0 bridgehead atoms. The van der Waals surface area contributed by atoms with E-state index in [0.717, 1.165) is 16.9 Å². The van der Waals surface area contributed by atoms with Crippen LogP contribution < -0.4 is 5.56 Å². The summed E-state index contributed by atoms with van der Waals surface area (Å²) in [6.07, 6.45) is 0. The molecule has 0 N–H and O–H groups in total. The molecule has 0 aliphatic heterocycles. The second-order valence-corrected chi connectivity index (χ2v) is 7.34. The minimum atomic E-state index is -0.0809. The average molecular weight is 378 g/mol. The number of fused-ring (bicyclic) bond motifs is 1. The molecule has 0 atom stereocenters. The molecule has 0 spiro atoms. The number of hydrogen-bond acceptors (Lipinski definition) is 6. The summed E-state index contributed by atoms with van der Waals surface area (Å²) in [5.41, 5.74) is 5.36. The normalized spacial score (nSPS) is 11.2. The van der Waals surface area contributed by atoms with Crippen molar-refractivity contribution in [2.24, 2.45) is 0 Å². The van der Waals surface area contributed by atoms with E-state index in [9.17, 15) is 4.79 Å². The van der Waals surface area contributed by atoms with Gasteiger partial charge in [0.1, 0.15) is 5.65 Å². The van der Waals surface area contributed by atoms with Gasteiger partial charge in [-0.25, -0.2) is 4.98 Å². The fourth-order valence-electron chi connectivity index (χ4n) is 3.04. The summed E-state index contributed by atoms with van der Waals surface area (Å²) in [4.78, 5) is 17.0. The number of nitrogens with zero attached hydrogens (tertiary/aromatic N) is 6. The Labute approximate surface area is 160 Å². The maximum Gasteiger partial charge on any atom is 0.258 e. The first-order valence-electron chi connectivity index (χ1n) is 8.50. The Morgan fingerprint density at radius 2 is 1.93 bits per heavy atom. The maximum atomic E-state index is 12.4. The van der Waals surface area contributed by atoms with E-state index in [2.05, 4.69) is 33.5 Å². The van der Waals surface area contributed by atoms with Gasteiger partial charge in [-0.2, -0.15) is 4.68 Å². The standard InChI is InChI=1S/C19H18N6OS/c1-12-7-8-16(13(2)9-12)25-19(21-22-23-25)27-11-15-10-18(26)24-14(3)5-4-6-17(24)20-15/h4-10H,11H2,1-3H3. The highest BCUT2D eigenvalue weighted by molar-refractivity contribution is 7.98. The van der Waals surface area contributed by atoms with Crippen molar-refractivity contribution in [1.82, 2.24) is 29.6 Å². The van der Waals surface area contributed by atoms with Gasteiger partial charge in [-0.15, -0.1) is 5.10 Å². The minimum absolute atomic E-state index is 0.0809. The second-order valence-electron chi connectivity index (χ2n) is 6.40. The number of thioether (sulfide) groups is 1. The number of tetrazole rings is 1. The van der Waals surface area contributed by atoms with Crippen molar-refractivity contribution in [1.29, 1.82) is 0 Å². The van der Waals surface area contributed by atoms with Crippen molar-refractivity contribution in [2.75, 3.05) is 0 Å². The van der Waals surface area contributed by atoms with Crippen LogP contribution in [-0.2, 0) is 5.75 Å². The molecule has 27 heavy (non-hydrogen) atoms. The van der Waals surface area contributed by atoms with Gasteiger partial charge in [0.05, 0.1) is 11.4 Å². The Bertz CT molecular complexity index is 1200. The Balaban J connectivity index is 1.63. The molecule has 4 aromatic rings. The maximum absolute atomic E-state index is 12.4. The molecule has 0 fully saturated rings. The molecule has 3 heterocycles. The highest BCUT2D eigenvalue weighted by atomic mass is 32.2. The van der Waals surface area contributed by atoms with Crippen LogP contribution in [0.1, 0.15) is 22.5 Å². The van der Waals surface area contributed by atoms with Crippen molar-refractivity contribution < 1.29 is 0 Å². The van der Waals surface area contributed by atoms with E-state index in [1.165, 1.54) is 17.3 Å². The summed E-state index contributed by atoms with van der Waals surface area (Å²) < 4.78 is 3.32. The van der Waals surface area contributed by atoms with Crippen LogP contribution in [0.4, 0.5) is 0 Å². The smallest absolute Gasteiger partial charge is 0.258 e. The van der Waals surface area contributed by atoms with E-state index < -0.39 is 0 Å². The minimum Gasteiger partial charge on any atom is -0.269 e. The average Bonchev–Trinajstić information content (AvgIpc) is 3.08. The first-order chi connectivity index (χ1) is 13.0. The predicted octanol–water partition coefficient (Wildman–Crippen LogP) is 2.89. The summed E-state index contributed by atoms with van der Waals surface area (Å²) in [6, 6.07) is 13.3. The molecule has 0 unspecified atom stereocenters. The zero-order valence-electron chi connectivity index (χ0n) is 15.2. The predicted molar refractivity (Wildman–Crippen MR) is 104 cm³/mol. The van der Waals surface area contributed by atoms with Gasteiger partial charge in [-0.05, 0) is 55.0 Å². The van der Waals surface area contributed by atoms with Gasteiger partial charge in [0.2, 0.25) is 5.16 Å². The third-order valence-corrected chi connectivity index (χ3v) is 5.26. The Kier molecular flexibility index (Phi) is 4.49. The molecule has 3 aromatic heterocycles. The fraction of sp³-hybridized carbons (Fsp3) is 0.211. The van der Waals surface area contributed by atoms with E-state index in [1.54, 1.807) is 15.1 Å². The number of aromatic nitrogens is 6. The molecule has 0 saturated heterocycles. The van der Waals surface area contributed by atoms with Crippen LogP contribution in [0.25, 0.3) is 11.3 Å². The zero-order valence-corrected chi connectivity index (χ0v) is 16.1. The van der Waals surface area contributed by atoms with E-state index in [-0.39, 0.29) is 5.56 Å². The van der Waals surface area contributed by atoms with Crippen LogP contribution in [-0.4, -0.2) is 29.6 Å². The Morgan fingerprint density at radius 3 is 2.74 bits per heavy atom. The summed E-state index contributed by atoms with van der Waals surface area (Å²) in [5.74, 6) is 0.505. The lowest BCUT2D eigenvalue weighted by molar-refractivity contribution is 0.751. The third-order valence-electron chi connectivity index (χ3n) is 4.30. The molecule has 0 amide bonds. The number of aryl methyl sites for hydroxylation is 3. The van der Waals surface area contributed by atoms with Gasteiger partial charge >= 0.3 is 0 Å². The van der Waals surface area contributed by atoms with E-state index in [4.69, 9.17) is 0 Å². The molecule has 0 radical (unpaired) electrons. The number of hydrogen-bond donors (Lipinski definition) is 0. The highest BCUT2D eigenvalue weighted by Gasteiger charge is 2.12. The van der Waals surface area contributed by atoms with Crippen LogP contribution in [0, 0.1) is 20.8 Å². The summed E-state index contributed by atoms with van der Waals surface area (Å²) in [7, 11) is 0. The SMILES string of the molecule is Cc1ccc(-n2nnnc2SCc2cc(=O)n3c(C)cccc3n2)c(C)c1. The molecule has 0 aliphatic carbocycles. The quantitative estimate of drug-likeness (QED) is 0.508. The largest absolute Gasteiger partial charge is 0.269 e. The van der Waals surface area contributed by atoms with Crippen molar-refractivity contribution >= 4 is 17.4 Å². The second kappa shape index (κ2) is 6.96. The van der Waals surface area contributed by atoms with Crippen molar-refractivity contribution in [2.45, 2.75) is 31.7 Å². The first kappa shape index (κ1) is 17.4. The van der Waals surface area contributed by atoms with Gasteiger partial charge in [0, 0.05) is 17.5 Å². The monoisotopic (exact) mass is 378 g/mol. The van der Waals surface area contributed by atoms with E-state index >= 15 is 0 Å². The van der Waals surface area contributed by atoms with E-state index in [1.807, 2.05) is 44.2 Å². The number of rotatable bonds is 4. The highest BCUT2D eigenvalue weighted by Crippen LogP contribution is 2.23. The molecule has 1 aromatic carbocycles. The van der Waals surface area contributed by atoms with E-state index in [0.29, 0.717) is 22.3 Å². The van der Waals surface area contributed by atoms with Crippen LogP contribution in [0.2, 0.25) is 0 Å². The summed E-state index contributed by atoms with van der Waals surface area (Å²) in [6.45, 7) is 5.98. The van der Waals surface area contributed by atoms with Crippen LogP contribution in [0.5, 0.6) is 0 Å². The lowest BCUT2D eigenvalue weighted by Gasteiger charge is -2.09. The third kappa shape index (κ3) is 3.35. The van der Waals surface area contributed by atoms with Gasteiger partial charge in [0.25, 0.3) is 5.56 Å². The van der Waals surface area contributed by atoms with Gasteiger partial charge < -0.3 is 0 Å². The molecule has 7 nitrogen and oxygen atoms in total. The number of pyridine rings is 1. The molecule has 136 valence electrons. The fourth-order valence-corrected chi connectivity index (χ4v) is 3.82. The summed E-state index contributed by atoms with van der Waals surface area (Å²) >= 11 is 1.45. The molecule has 8 heteroatoms. The molecule has 0 saturated carbocycles. The van der Waals surface area contributed by atoms with Crippen molar-refractivity contribution in [3.05, 3.63) is 75.3 Å². The van der Waals surface area contributed by atoms with Crippen LogP contribution in [0.15, 0.2) is 52.4 Å². The van der Waals surface area contributed by atoms with Crippen molar-refractivity contribution in [3.8, 4) is 5.69 Å². The Morgan fingerprint density at radius 1 is 1.07 bits per heavy atom.